The first-order valence-corrected chi connectivity index (χ1v) is 8.02. The van der Waals surface area contributed by atoms with Crippen molar-refractivity contribution in [2.24, 2.45) is 0 Å². The standard InChI is InChI=1S/C18H20ClNO2/c1-12-4-9-16(22-12)13(2)20-17(21)18(10-3-11-18)14-5-7-15(19)8-6-14/h4-9,13H,3,10-11H2,1-2H3,(H,20,21). The lowest BCUT2D eigenvalue weighted by Crippen LogP contribution is -2.49. The summed E-state index contributed by atoms with van der Waals surface area (Å²) >= 11 is 5.96. The van der Waals surface area contributed by atoms with Gasteiger partial charge in [0.2, 0.25) is 5.91 Å². The van der Waals surface area contributed by atoms with Crippen molar-refractivity contribution in [2.45, 2.75) is 44.6 Å². The van der Waals surface area contributed by atoms with Gasteiger partial charge in [0.1, 0.15) is 11.5 Å². The fraction of sp³-hybridized carbons (Fsp3) is 0.389. The van der Waals surface area contributed by atoms with E-state index in [1.807, 2.05) is 50.2 Å². The van der Waals surface area contributed by atoms with Gasteiger partial charge in [0.25, 0.3) is 0 Å². The summed E-state index contributed by atoms with van der Waals surface area (Å²) in [6, 6.07) is 11.3. The van der Waals surface area contributed by atoms with E-state index in [0.717, 1.165) is 36.3 Å². The zero-order valence-electron chi connectivity index (χ0n) is 12.9. The van der Waals surface area contributed by atoms with Gasteiger partial charge in [-0.25, -0.2) is 0 Å². The van der Waals surface area contributed by atoms with Crippen LogP contribution in [0.5, 0.6) is 0 Å². The smallest absolute Gasteiger partial charge is 0.231 e. The highest BCUT2D eigenvalue weighted by Gasteiger charge is 2.46. The number of carbonyl (C=O) groups excluding carboxylic acids is 1. The van der Waals surface area contributed by atoms with Gasteiger partial charge >= 0.3 is 0 Å². The third-order valence-corrected chi connectivity index (χ3v) is 4.83. The number of nitrogens with one attached hydrogen (secondary N) is 1. The molecule has 22 heavy (non-hydrogen) atoms. The van der Waals surface area contributed by atoms with Gasteiger partial charge in [0, 0.05) is 5.02 Å². The molecule has 1 amide bonds. The van der Waals surface area contributed by atoms with E-state index >= 15 is 0 Å². The van der Waals surface area contributed by atoms with Gasteiger partial charge in [0.05, 0.1) is 11.5 Å². The molecule has 0 radical (unpaired) electrons. The highest BCUT2D eigenvalue weighted by atomic mass is 35.5. The van der Waals surface area contributed by atoms with Crippen LogP contribution in [0.1, 0.15) is 49.3 Å². The Hall–Kier alpha value is -1.74. The number of hydrogen-bond donors (Lipinski definition) is 1. The molecule has 1 saturated carbocycles. The molecule has 1 aromatic heterocycles. The van der Waals surface area contributed by atoms with Gasteiger partial charge in [-0.3, -0.25) is 4.79 Å². The molecule has 1 fully saturated rings. The molecule has 4 heteroatoms. The van der Waals surface area contributed by atoms with Gasteiger partial charge in [-0.05, 0) is 56.5 Å². The van der Waals surface area contributed by atoms with Crippen LogP contribution in [-0.4, -0.2) is 5.91 Å². The van der Waals surface area contributed by atoms with Crippen LogP contribution in [0.25, 0.3) is 0 Å². The number of hydrogen-bond acceptors (Lipinski definition) is 2. The number of halogens is 1. The molecule has 2 aromatic rings. The van der Waals surface area contributed by atoms with Gasteiger partial charge in [-0.15, -0.1) is 0 Å². The largest absolute Gasteiger partial charge is 0.464 e. The lowest BCUT2D eigenvalue weighted by Gasteiger charge is -2.41. The maximum absolute atomic E-state index is 12.8. The summed E-state index contributed by atoms with van der Waals surface area (Å²) in [5, 5.41) is 3.79. The second-order valence-corrected chi connectivity index (χ2v) is 6.52. The summed E-state index contributed by atoms with van der Waals surface area (Å²) in [4.78, 5) is 12.8. The van der Waals surface area contributed by atoms with E-state index < -0.39 is 5.41 Å². The second kappa shape index (κ2) is 5.81. The van der Waals surface area contributed by atoms with Crippen molar-refractivity contribution in [1.82, 2.24) is 5.32 Å². The SMILES string of the molecule is Cc1ccc(C(C)NC(=O)C2(c3ccc(Cl)cc3)CCC2)o1. The predicted octanol–water partition coefficient (Wildman–Crippen LogP) is 4.54. The lowest BCUT2D eigenvalue weighted by atomic mass is 9.63. The first-order chi connectivity index (χ1) is 10.5. The molecule has 0 saturated heterocycles. The summed E-state index contributed by atoms with van der Waals surface area (Å²) < 4.78 is 5.60. The summed E-state index contributed by atoms with van der Waals surface area (Å²) in [6.07, 6.45) is 2.83. The van der Waals surface area contributed by atoms with Crippen molar-refractivity contribution >= 4 is 17.5 Å². The second-order valence-electron chi connectivity index (χ2n) is 6.09. The fourth-order valence-corrected chi connectivity index (χ4v) is 3.16. The molecule has 0 spiro atoms. The Balaban J connectivity index is 1.78. The van der Waals surface area contributed by atoms with Crippen molar-refractivity contribution in [3.05, 3.63) is 58.5 Å². The average molecular weight is 318 g/mol. The summed E-state index contributed by atoms with van der Waals surface area (Å²) in [5.74, 6) is 1.71. The van der Waals surface area contributed by atoms with E-state index in [0.29, 0.717) is 5.02 Å². The maximum atomic E-state index is 12.8. The number of aryl methyl sites for hydroxylation is 1. The molecule has 1 aliphatic carbocycles. The minimum absolute atomic E-state index is 0.0719. The minimum Gasteiger partial charge on any atom is -0.464 e. The molecule has 116 valence electrons. The third kappa shape index (κ3) is 2.66. The topological polar surface area (TPSA) is 42.2 Å². The molecule has 0 bridgehead atoms. The molecule has 1 N–H and O–H groups in total. The molecule has 1 aromatic carbocycles. The van der Waals surface area contributed by atoms with E-state index in [2.05, 4.69) is 5.32 Å². The highest BCUT2D eigenvalue weighted by molar-refractivity contribution is 6.30. The van der Waals surface area contributed by atoms with Crippen LogP contribution < -0.4 is 5.32 Å². The average Bonchev–Trinajstić information content (AvgIpc) is 2.86. The van der Waals surface area contributed by atoms with E-state index in [4.69, 9.17) is 16.0 Å². The molecule has 1 heterocycles. The number of benzene rings is 1. The van der Waals surface area contributed by atoms with Crippen LogP contribution in [0.15, 0.2) is 40.8 Å². The first-order valence-electron chi connectivity index (χ1n) is 7.65. The van der Waals surface area contributed by atoms with Gasteiger partial charge < -0.3 is 9.73 Å². The Labute approximate surface area is 135 Å². The zero-order valence-corrected chi connectivity index (χ0v) is 13.6. The van der Waals surface area contributed by atoms with Crippen molar-refractivity contribution in [1.29, 1.82) is 0 Å². The summed E-state index contributed by atoms with van der Waals surface area (Å²) in [7, 11) is 0. The Bertz CT molecular complexity index is 671. The van der Waals surface area contributed by atoms with Crippen LogP contribution in [0.4, 0.5) is 0 Å². The Morgan fingerprint density at radius 1 is 1.23 bits per heavy atom. The van der Waals surface area contributed by atoms with E-state index in [-0.39, 0.29) is 11.9 Å². The lowest BCUT2D eigenvalue weighted by molar-refractivity contribution is -0.130. The van der Waals surface area contributed by atoms with Crippen molar-refractivity contribution in [3.8, 4) is 0 Å². The number of furan rings is 1. The van der Waals surface area contributed by atoms with Crippen LogP contribution in [0, 0.1) is 6.92 Å². The fourth-order valence-electron chi connectivity index (χ4n) is 3.04. The summed E-state index contributed by atoms with van der Waals surface area (Å²) in [6.45, 7) is 3.85. The number of rotatable bonds is 4. The monoisotopic (exact) mass is 317 g/mol. The molecular formula is C18H20ClNO2. The molecule has 3 rings (SSSR count). The maximum Gasteiger partial charge on any atom is 0.231 e. The van der Waals surface area contributed by atoms with Crippen LogP contribution in [0.2, 0.25) is 5.02 Å². The Morgan fingerprint density at radius 2 is 1.91 bits per heavy atom. The predicted molar refractivity (Wildman–Crippen MR) is 87.0 cm³/mol. The number of carbonyl (C=O) groups is 1. The van der Waals surface area contributed by atoms with E-state index in [9.17, 15) is 4.79 Å². The molecular weight excluding hydrogens is 298 g/mol. The van der Waals surface area contributed by atoms with Crippen LogP contribution in [0.3, 0.4) is 0 Å². The van der Waals surface area contributed by atoms with Crippen LogP contribution >= 0.6 is 11.6 Å². The van der Waals surface area contributed by atoms with Gasteiger partial charge in [-0.2, -0.15) is 0 Å². The first kappa shape index (κ1) is 15.2. The third-order valence-electron chi connectivity index (χ3n) is 4.57. The van der Waals surface area contributed by atoms with Crippen LogP contribution in [-0.2, 0) is 10.2 Å². The summed E-state index contributed by atoms with van der Waals surface area (Å²) in [5.41, 5.74) is 0.629. The molecule has 3 nitrogen and oxygen atoms in total. The Kier molecular flexibility index (Phi) is 4.00. The minimum atomic E-state index is -0.416. The molecule has 1 atom stereocenters. The zero-order chi connectivity index (χ0) is 15.7. The quantitative estimate of drug-likeness (QED) is 0.899. The van der Waals surface area contributed by atoms with E-state index in [1.54, 1.807) is 0 Å². The number of amides is 1. The van der Waals surface area contributed by atoms with Crippen molar-refractivity contribution < 1.29 is 9.21 Å². The highest BCUT2D eigenvalue weighted by Crippen LogP contribution is 2.44. The molecule has 1 unspecified atom stereocenters. The molecule has 0 aliphatic heterocycles. The van der Waals surface area contributed by atoms with Gasteiger partial charge in [0.15, 0.2) is 0 Å². The normalized spacial score (nSPS) is 17.6. The van der Waals surface area contributed by atoms with Crippen molar-refractivity contribution in [2.75, 3.05) is 0 Å². The van der Waals surface area contributed by atoms with Crippen molar-refractivity contribution in [3.63, 3.8) is 0 Å². The van der Waals surface area contributed by atoms with Gasteiger partial charge in [-0.1, -0.05) is 30.2 Å². The molecule has 1 aliphatic rings. The Morgan fingerprint density at radius 3 is 2.41 bits per heavy atom. The van der Waals surface area contributed by atoms with E-state index in [1.165, 1.54) is 0 Å².